The van der Waals surface area contributed by atoms with Gasteiger partial charge < -0.3 is 9.47 Å². The Morgan fingerprint density at radius 3 is 2.44 bits per heavy atom. The van der Waals surface area contributed by atoms with Crippen molar-refractivity contribution in [2.75, 3.05) is 14.2 Å². The second-order valence-corrected chi connectivity index (χ2v) is 6.10. The third-order valence-electron chi connectivity index (χ3n) is 4.42. The predicted molar refractivity (Wildman–Crippen MR) is 97.1 cm³/mol. The maximum absolute atomic E-state index is 12.1. The van der Waals surface area contributed by atoms with E-state index >= 15 is 0 Å². The quantitative estimate of drug-likeness (QED) is 0.854. The number of aryl methyl sites for hydroxylation is 1. The Labute approximate surface area is 147 Å². The molecule has 1 unspecified atom stereocenters. The van der Waals surface area contributed by atoms with Crippen molar-refractivity contribution in [3.8, 4) is 11.5 Å². The Bertz CT molecular complexity index is 812. The molecule has 3 rings (SSSR count). The normalized spacial score (nSPS) is 16.6. The van der Waals surface area contributed by atoms with E-state index in [1.54, 1.807) is 19.2 Å². The molecule has 0 saturated carbocycles. The second-order valence-electron chi connectivity index (χ2n) is 6.10. The minimum absolute atomic E-state index is 0.0926. The van der Waals surface area contributed by atoms with Crippen molar-refractivity contribution < 1.29 is 14.3 Å². The Morgan fingerprint density at radius 1 is 1.12 bits per heavy atom. The van der Waals surface area contributed by atoms with Gasteiger partial charge in [0.05, 0.1) is 26.0 Å². The van der Waals surface area contributed by atoms with Crippen LogP contribution in [0.2, 0.25) is 0 Å². The molecule has 0 aromatic heterocycles. The highest BCUT2D eigenvalue weighted by Gasteiger charge is 2.33. The Balaban J connectivity index is 1.97. The second kappa shape index (κ2) is 6.97. The molecule has 0 bridgehead atoms. The van der Waals surface area contributed by atoms with Crippen LogP contribution in [0.3, 0.4) is 0 Å². The molecule has 1 heterocycles. The van der Waals surface area contributed by atoms with Crippen LogP contribution in [0.4, 0.5) is 0 Å². The van der Waals surface area contributed by atoms with Gasteiger partial charge in [-0.3, -0.25) is 4.79 Å². The van der Waals surface area contributed by atoms with Gasteiger partial charge in [-0.2, -0.15) is 5.10 Å². The number of hydrogen-bond acceptors (Lipinski definition) is 4. The fourth-order valence-corrected chi connectivity index (χ4v) is 3.06. The maximum atomic E-state index is 12.1. The number of amides is 1. The van der Waals surface area contributed by atoms with E-state index in [0.29, 0.717) is 17.9 Å². The lowest BCUT2D eigenvalue weighted by Crippen LogP contribution is -2.24. The van der Waals surface area contributed by atoms with Crippen LogP contribution in [0.5, 0.6) is 11.5 Å². The number of hydrazone groups is 1. The molecule has 0 radical (unpaired) electrons. The lowest BCUT2D eigenvalue weighted by molar-refractivity contribution is -0.130. The SMILES string of the molecule is COc1ccc(C2CC(c3ccc(C)cc3)=NN2C(C)=O)c(OC)c1. The third-order valence-corrected chi connectivity index (χ3v) is 4.42. The summed E-state index contributed by atoms with van der Waals surface area (Å²) in [7, 11) is 3.23. The highest BCUT2D eigenvalue weighted by atomic mass is 16.5. The smallest absolute Gasteiger partial charge is 0.240 e. The summed E-state index contributed by atoms with van der Waals surface area (Å²) in [5, 5.41) is 6.12. The first-order chi connectivity index (χ1) is 12.0. The fourth-order valence-electron chi connectivity index (χ4n) is 3.06. The molecule has 1 aliphatic heterocycles. The molecule has 0 spiro atoms. The van der Waals surface area contributed by atoms with Crippen LogP contribution in [0.1, 0.15) is 36.1 Å². The van der Waals surface area contributed by atoms with E-state index in [1.807, 2.05) is 37.3 Å². The van der Waals surface area contributed by atoms with Crippen molar-refractivity contribution in [3.63, 3.8) is 0 Å². The van der Waals surface area contributed by atoms with Crippen LogP contribution in [-0.4, -0.2) is 30.8 Å². The van der Waals surface area contributed by atoms with Gasteiger partial charge in [0.15, 0.2) is 0 Å². The number of carbonyl (C=O) groups is 1. The first-order valence-corrected chi connectivity index (χ1v) is 8.19. The maximum Gasteiger partial charge on any atom is 0.240 e. The molecule has 2 aromatic carbocycles. The molecule has 1 aliphatic rings. The zero-order valence-corrected chi connectivity index (χ0v) is 14.9. The van der Waals surface area contributed by atoms with Crippen LogP contribution in [0, 0.1) is 6.92 Å². The van der Waals surface area contributed by atoms with Gasteiger partial charge in [0.1, 0.15) is 11.5 Å². The molecule has 1 atom stereocenters. The van der Waals surface area contributed by atoms with Crippen molar-refractivity contribution >= 4 is 11.6 Å². The standard InChI is InChI=1S/C20H22N2O3/c1-13-5-7-15(8-6-13)18-12-19(22(21-18)14(2)23)17-10-9-16(24-3)11-20(17)25-4/h5-11,19H,12H2,1-4H3. The average molecular weight is 338 g/mol. The summed E-state index contributed by atoms with van der Waals surface area (Å²) in [5.74, 6) is 1.31. The first kappa shape index (κ1) is 17.0. The lowest BCUT2D eigenvalue weighted by atomic mass is 9.97. The van der Waals surface area contributed by atoms with Gasteiger partial charge in [0, 0.05) is 25.0 Å². The molecule has 25 heavy (non-hydrogen) atoms. The Kier molecular flexibility index (Phi) is 4.74. The van der Waals surface area contributed by atoms with Crippen molar-refractivity contribution in [3.05, 3.63) is 59.2 Å². The number of benzene rings is 2. The van der Waals surface area contributed by atoms with E-state index in [4.69, 9.17) is 9.47 Å². The van der Waals surface area contributed by atoms with E-state index < -0.39 is 0 Å². The molecular formula is C20H22N2O3. The summed E-state index contributed by atoms with van der Waals surface area (Å²) < 4.78 is 10.8. The number of ether oxygens (including phenoxy) is 2. The van der Waals surface area contributed by atoms with Crippen LogP contribution >= 0.6 is 0 Å². The van der Waals surface area contributed by atoms with Crippen LogP contribution in [0.15, 0.2) is 47.6 Å². The van der Waals surface area contributed by atoms with E-state index in [2.05, 4.69) is 17.2 Å². The molecule has 130 valence electrons. The van der Waals surface area contributed by atoms with Crippen LogP contribution in [0.25, 0.3) is 0 Å². The van der Waals surface area contributed by atoms with Gasteiger partial charge in [-0.1, -0.05) is 29.8 Å². The molecule has 0 aliphatic carbocycles. The monoisotopic (exact) mass is 338 g/mol. The van der Waals surface area contributed by atoms with Crippen molar-refractivity contribution in [1.82, 2.24) is 5.01 Å². The van der Waals surface area contributed by atoms with Crippen molar-refractivity contribution in [2.45, 2.75) is 26.3 Å². The summed E-state index contributed by atoms with van der Waals surface area (Å²) in [6, 6.07) is 13.6. The van der Waals surface area contributed by atoms with Gasteiger partial charge in [-0.05, 0) is 24.6 Å². The molecular weight excluding hydrogens is 316 g/mol. The molecule has 0 N–H and O–H groups in total. The lowest BCUT2D eigenvalue weighted by Gasteiger charge is -2.22. The Hall–Kier alpha value is -2.82. The number of rotatable bonds is 4. The highest BCUT2D eigenvalue weighted by molar-refractivity contribution is 6.03. The number of carbonyl (C=O) groups excluding carboxylic acids is 1. The van der Waals surface area contributed by atoms with Crippen LogP contribution in [-0.2, 0) is 4.79 Å². The number of nitrogens with zero attached hydrogens (tertiary/aromatic N) is 2. The largest absolute Gasteiger partial charge is 0.497 e. The molecule has 1 amide bonds. The van der Waals surface area contributed by atoms with Gasteiger partial charge >= 0.3 is 0 Å². The third kappa shape index (κ3) is 3.36. The van der Waals surface area contributed by atoms with Crippen LogP contribution < -0.4 is 9.47 Å². The average Bonchev–Trinajstić information content (AvgIpc) is 3.07. The predicted octanol–water partition coefficient (Wildman–Crippen LogP) is 3.71. The number of hydrogen-bond donors (Lipinski definition) is 0. The minimum atomic E-state index is -0.186. The topological polar surface area (TPSA) is 51.1 Å². The summed E-state index contributed by atoms with van der Waals surface area (Å²) in [4.78, 5) is 12.1. The zero-order chi connectivity index (χ0) is 18.0. The molecule has 0 saturated heterocycles. The molecule has 5 nitrogen and oxygen atoms in total. The molecule has 0 fully saturated rings. The van der Waals surface area contributed by atoms with Gasteiger partial charge in [-0.25, -0.2) is 5.01 Å². The van der Waals surface area contributed by atoms with Crippen molar-refractivity contribution in [1.29, 1.82) is 0 Å². The number of methoxy groups -OCH3 is 2. The van der Waals surface area contributed by atoms with E-state index in [0.717, 1.165) is 16.8 Å². The minimum Gasteiger partial charge on any atom is -0.497 e. The van der Waals surface area contributed by atoms with E-state index in [9.17, 15) is 4.79 Å². The van der Waals surface area contributed by atoms with Gasteiger partial charge in [-0.15, -0.1) is 0 Å². The zero-order valence-electron chi connectivity index (χ0n) is 14.9. The highest BCUT2D eigenvalue weighted by Crippen LogP contribution is 2.39. The van der Waals surface area contributed by atoms with E-state index in [1.165, 1.54) is 12.5 Å². The van der Waals surface area contributed by atoms with Crippen molar-refractivity contribution in [2.24, 2.45) is 5.10 Å². The summed E-state index contributed by atoms with van der Waals surface area (Å²) in [6.07, 6.45) is 0.644. The fraction of sp³-hybridized carbons (Fsp3) is 0.300. The molecule has 2 aromatic rings. The first-order valence-electron chi connectivity index (χ1n) is 8.19. The van der Waals surface area contributed by atoms with E-state index in [-0.39, 0.29) is 11.9 Å². The van der Waals surface area contributed by atoms with Gasteiger partial charge in [0.25, 0.3) is 0 Å². The summed E-state index contributed by atoms with van der Waals surface area (Å²) >= 11 is 0. The summed E-state index contributed by atoms with van der Waals surface area (Å²) in [6.45, 7) is 3.58. The summed E-state index contributed by atoms with van der Waals surface area (Å²) in [5.41, 5.74) is 4.05. The molecule has 5 heteroatoms. The Morgan fingerprint density at radius 2 is 1.84 bits per heavy atom. The van der Waals surface area contributed by atoms with Gasteiger partial charge in [0.2, 0.25) is 5.91 Å².